The number of thiophene rings is 1. The summed E-state index contributed by atoms with van der Waals surface area (Å²) >= 11 is 4.93. The molecule has 2 N–H and O–H groups in total. The number of rotatable bonds is 2. The summed E-state index contributed by atoms with van der Waals surface area (Å²) in [6.45, 7) is 0. The molecule has 1 fully saturated rings. The molecule has 1 aromatic rings. The first-order valence-electron chi connectivity index (χ1n) is 5.13. The zero-order valence-corrected chi connectivity index (χ0v) is 10.8. The fraction of sp³-hybridized carbons (Fsp3) is 0.400. The topological polar surface area (TPSA) is 53.5 Å². The molecule has 2 aliphatic rings. The maximum atomic E-state index is 11.7. The summed E-state index contributed by atoms with van der Waals surface area (Å²) in [5.41, 5.74) is 0. The number of carbonyl (C=O) groups excluding carboxylic acids is 1. The van der Waals surface area contributed by atoms with E-state index in [1.54, 1.807) is 11.3 Å². The molecule has 0 aromatic carbocycles. The minimum atomic E-state index is -0.377. The van der Waals surface area contributed by atoms with Crippen LogP contribution in [-0.4, -0.2) is 17.9 Å². The molecule has 2 heterocycles. The van der Waals surface area contributed by atoms with Crippen molar-refractivity contribution in [1.82, 2.24) is 10.6 Å². The van der Waals surface area contributed by atoms with E-state index in [0.717, 1.165) is 8.66 Å². The number of carbonyl (C=O) groups is 1. The van der Waals surface area contributed by atoms with E-state index in [4.69, 9.17) is 0 Å². The Balaban J connectivity index is 1.79. The zero-order valence-electron chi connectivity index (χ0n) is 8.37. The van der Waals surface area contributed by atoms with E-state index in [1.165, 1.54) is 12.8 Å². The largest absolute Gasteiger partial charge is 0.353 e. The highest BCUT2D eigenvalue weighted by Crippen LogP contribution is 2.31. The van der Waals surface area contributed by atoms with E-state index in [-0.39, 0.29) is 11.9 Å². The normalized spacial score (nSPS) is 24.2. The Hall–Kier alpha value is -0.880. The van der Waals surface area contributed by atoms with Crippen molar-refractivity contribution in [3.63, 3.8) is 0 Å². The fourth-order valence-corrected chi connectivity index (χ4v) is 3.03. The van der Waals surface area contributed by atoms with Gasteiger partial charge in [-0.1, -0.05) is 0 Å². The number of hydrogen-bond donors (Lipinski definition) is 2. The van der Waals surface area contributed by atoms with Gasteiger partial charge in [-0.2, -0.15) is 0 Å². The first-order chi connectivity index (χ1) is 7.72. The molecular formula is C10H10BrN3OS. The molecule has 1 amide bonds. The number of guanidine groups is 1. The number of halogens is 1. The summed E-state index contributed by atoms with van der Waals surface area (Å²) in [5, 5.41) is 5.98. The van der Waals surface area contributed by atoms with E-state index < -0.39 is 0 Å². The molecule has 0 bridgehead atoms. The smallest absolute Gasteiger partial charge is 0.257 e. The van der Waals surface area contributed by atoms with Crippen LogP contribution in [0.2, 0.25) is 0 Å². The van der Waals surface area contributed by atoms with Crippen LogP contribution < -0.4 is 10.6 Å². The number of amides is 1. The van der Waals surface area contributed by atoms with Crippen LogP contribution in [0.5, 0.6) is 0 Å². The molecule has 0 saturated heterocycles. The van der Waals surface area contributed by atoms with E-state index in [0.29, 0.717) is 12.0 Å². The monoisotopic (exact) mass is 299 g/mol. The van der Waals surface area contributed by atoms with Gasteiger partial charge in [-0.05, 0) is 40.9 Å². The summed E-state index contributed by atoms with van der Waals surface area (Å²) in [6, 6.07) is 4.00. The average molecular weight is 300 g/mol. The standard InChI is InChI=1S/C10H10BrN3OS/c11-7-4-3-6(16-7)8-9(15)14-10(13-8)12-5-1-2-5/h3-5,8H,1-2H2,(H2,12,13,14,15). The third-order valence-corrected chi connectivity index (χ3v) is 4.21. The molecular weight excluding hydrogens is 290 g/mol. The molecule has 16 heavy (non-hydrogen) atoms. The highest BCUT2D eigenvalue weighted by atomic mass is 79.9. The lowest BCUT2D eigenvalue weighted by Gasteiger charge is -2.01. The predicted molar refractivity (Wildman–Crippen MR) is 66.5 cm³/mol. The van der Waals surface area contributed by atoms with Crippen molar-refractivity contribution in [3.8, 4) is 0 Å². The minimum Gasteiger partial charge on any atom is -0.353 e. The Kier molecular flexibility index (Phi) is 2.48. The molecule has 0 spiro atoms. The van der Waals surface area contributed by atoms with Crippen LogP contribution in [0.1, 0.15) is 23.8 Å². The second-order valence-corrected chi connectivity index (χ2v) is 6.42. The van der Waals surface area contributed by atoms with Gasteiger partial charge in [0.2, 0.25) is 0 Å². The van der Waals surface area contributed by atoms with Crippen molar-refractivity contribution in [3.05, 3.63) is 20.8 Å². The molecule has 84 valence electrons. The van der Waals surface area contributed by atoms with Crippen LogP contribution in [0.3, 0.4) is 0 Å². The lowest BCUT2D eigenvalue weighted by molar-refractivity contribution is -0.120. The Morgan fingerprint density at radius 1 is 1.50 bits per heavy atom. The highest BCUT2D eigenvalue weighted by Gasteiger charge is 2.31. The van der Waals surface area contributed by atoms with Crippen molar-refractivity contribution in [1.29, 1.82) is 0 Å². The molecule has 1 unspecified atom stereocenters. The van der Waals surface area contributed by atoms with Gasteiger partial charge in [0, 0.05) is 10.9 Å². The lowest BCUT2D eigenvalue weighted by atomic mass is 10.2. The van der Waals surface area contributed by atoms with Crippen molar-refractivity contribution >= 4 is 39.1 Å². The molecule has 3 rings (SSSR count). The second kappa shape index (κ2) is 3.85. The van der Waals surface area contributed by atoms with Crippen molar-refractivity contribution < 1.29 is 4.79 Å². The quantitative estimate of drug-likeness (QED) is 0.875. The fourth-order valence-electron chi connectivity index (χ4n) is 1.57. The second-order valence-electron chi connectivity index (χ2n) is 3.93. The van der Waals surface area contributed by atoms with Gasteiger partial charge in [-0.15, -0.1) is 11.3 Å². The molecule has 6 heteroatoms. The van der Waals surface area contributed by atoms with Gasteiger partial charge in [0.25, 0.3) is 5.91 Å². The number of nitrogens with zero attached hydrogens (tertiary/aromatic N) is 1. The molecule has 1 saturated carbocycles. The molecule has 1 aliphatic heterocycles. The van der Waals surface area contributed by atoms with E-state index >= 15 is 0 Å². The van der Waals surface area contributed by atoms with Crippen LogP contribution in [0, 0.1) is 0 Å². The van der Waals surface area contributed by atoms with Crippen molar-refractivity contribution in [2.75, 3.05) is 0 Å². The third kappa shape index (κ3) is 1.99. The van der Waals surface area contributed by atoms with E-state index in [9.17, 15) is 4.79 Å². The van der Waals surface area contributed by atoms with Crippen LogP contribution in [0.15, 0.2) is 20.9 Å². The Morgan fingerprint density at radius 2 is 2.31 bits per heavy atom. The summed E-state index contributed by atoms with van der Waals surface area (Å²) in [6.07, 6.45) is 2.34. The van der Waals surface area contributed by atoms with Gasteiger partial charge in [0.05, 0.1) is 3.79 Å². The zero-order chi connectivity index (χ0) is 11.1. The van der Waals surface area contributed by atoms with Crippen molar-refractivity contribution in [2.24, 2.45) is 4.99 Å². The van der Waals surface area contributed by atoms with E-state index in [1.807, 2.05) is 12.1 Å². The first-order valence-corrected chi connectivity index (χ1v) is 6.74. The number of hydrogen-bond acceptors (Lipinski definition) is 4. The van der Waals surface area contributed by atoms with Gasteiger partial charge in [-0.25, -0.2) is 4.99 Å². The maximum absolute atomic E-state index is 11.7. The van der Waals surface area contributed by atoms with E-state index in [2.05, 4.69) is 31.6 Å². The molecule has 1 aromatic heterocycles. The molecule has 1 aliphatic carbocycles. The maximum Gasteiger partial charge on any atom is 0.257 e. The van der Waals surface area contributed by atoms with Crippen LogP contribution in [0.4, 0.5) is 0 Å². The summed E-state index contributed by atoms with van der Waals surface area (Å²) in [7, 11) is 0. The lowest BCUT2D eigenvalue weighted by Crippen LogP contribution is -2.37. The van der Waals surface area contributed by atoms with Gasteiger partial charge in [-0.3, -0.25) is 10.1 Å². The number of nitrogens with one attached hydrogen (secondary N) is 2. The minimum absolute atomic E-state index is 0.0440. The number of aliphatic imine (C=N–C) groups is 1. The summed E-state index contributed by atoms with van der Waals surface area (Å²) in [5.74, 6) is 0.583. The predicted octanol–water partition coefficient (Wildman–Crippen LogP) is 1.79. The average Bonchev–Trinajstić information content (AvgIpc) is 2.82. The van der Waals surface area contributed by atoms with Crippen LogP contribution >= 0.6 is 27.3 Å². The van der Waals surface area contributed by atoms with Crippen LogP contribution in [-0.2, 0) is 4.79 Å². The molecule has 1 atom stereocenters. The van der Waals surface area contributed by atoms with Gasteiger partial charge < -0.3 is 5.32 Å². The molecule has 4 nitrogen and oxygen atoms in total. The van der Waals surface area contributed by atoms with Gasteiger partial charge >= 0.3 is 0 Å². The SMILES string of the molecule is O=C1NC(NC2CC2)=NC1c1ccc(Br)s1. The van der Waals surface area contributed by atoms with Crippen molar-refractivity contribution in [2.45, 2.75) is 24.9 Å². The van der Waals surface area contributed by atoms with Gasteiger partial charge in [0.15, 0.2) is 12.0 Å². The highest BCUT2D eigenvalue weighted by molar-refractivity contribution is 9.11. The Morgan fingerprint density at radius 3 is 2.94 bits per heavy atom. The molecule has 0 radical (unpaired) electrons. The van der Waals surface area contributed by atoms with Crippen LogP contribution in [0.25, 0.3) is 0 Å². The summed E-state index contributed by atoms with van der Waals surface area (Å²) < 4.78 is 1.02. The van der Waals surface area contributed by atoms with Gasteiger partial charge in [0.1, 0.15) is 0 Å². The Labute approximate surface area is 105 Å². The Bertz CT molecular complexity index is 466. The third-order valence-electron chi connectivity index (χ3n) is 2.53. The summed E-state index contributed by atoms with van der Waals surface area (Å²) in [4.78, 5) is 17.1. The first kappa shape index (κ1) is 10.3.